The zero-order valence-electron chi connectivity index (χ0n) is 16.9. The molecule has 1 aliphatic heterocycles. The Kier molecular flexibility index (Phi) is 6.92. The molecule has 0 spiro atoms. The van der Waals surface area contributed by atoms with Gasteiger partial charge in [0.2, 0.25) is 15.9 Å². The molecule has 3 rings (SSSR count). The zero-order chi connectivity index (χ0) is 20.9. The van der Waals surface area contributed by atoms with Gasteiger partial charge in [0.05, 0.1) is 7.11 Å². The third kappa shape index (κ3) is 5.16. The fraction of sp³-hybridized carbons (Fsp3) is 0.409. The van der Waals surface area contributed by atoms with Crippen molar-refractivity contribution >= 4 is 21.6 Å². The predicted octanol–water partition coefficient (Wildman–Crippen LogP) is 4.00. The molecule has 1 N–H and O–H groups in total. The van der Waals surface area contributed by atoms with E-state index in [0.29, 0.717) is 25.2 Å². The fourth-order valence-electron chi connectivity index (χ4n) is 3.59. The topological polar surface area (TPSA) is 75.7 Å². The molecule has 0 aromatic heterocycles. The number of carbonyl (C=O) groups is 1. The van der Waals surface area contributed by atoms with Crippen LogP contribution in [-0.2, 0) is 14.8 Å². The van der Waals surface area contributed by atoms with E-state index in [1.54, 1.807) is 12.1 Å². The average molecular weight is 417 g/mol. The molecule has 2 aromatic rings. The van der Waals surface area contributed by atoms with Crippen LogP contribution in [0.15, 0.2) is 53.4 Å². The molecule has 29 heavy (non-hydrogen) atoms. The van der Waals surface area contributed by atoms with Crippen LogP contribution in [0, 0.1) is 0 Å². The van der Waals surface area contributed by atoms with Crippen LogP contribution < -0.4 is 10.1 Å². The maximum Gasteiger partial charge on any atom is 0.246 e. The van der Waals surface area contributed by atoms with Crippen LogP contribution in [-0.4, -0.2) is 38.8 Å². The van der Waals surface area contributed by atoms with Crippen molar-refractivity contribution in [1.82, 2.24) is 4.31 Å². The quantitative estimate of drug-likeness (QED) is 0.740. The number of rotatable bonds is 7. The first kappa shape index (κ1) is 21.3. The van der Waals surface area contributed by atoms with Gasteiger partial charge >= 0.3 is 0 Å². The van der Waals surface area contributed by atoms with E-state index in [-0.39, 0.29) is 22.5 Å². The van der Waals surface area contributed by atoms with Crippen LogP contribution in [0.3, 0.4) is 0 Å². The number of nitrogens with one attached hydrogen (secondary N) is 1. The highest BCUT2D eigenvalue weighted by Gasteiger charge is 2.29. The van der Waals surface area contributed by atoms with Crippen LogP contribution in [0.25, 0.3) is 0 Å². The molecule has 156 valence electrons. The first-order valence-electron chi connectivity index (χ1n) is 9.95. The largest absolute Gasteiger partial charge is 0.495 e. The minimum absolute atomic E-state index is 0.0611. The van der Waals surface area contributed by atoms with Crippen molar-refractivity contribution in [2.24, 2.45) is 0 Å². The second kappa shape index (κ2) is 9.41. The minimum atomic E-state index is -3.67. The van der Waals surface area contributed by atoms with Gasteiger partial charge in [-0.25, -0.2) is 8.42 Å². The molecular weight excluding hydrogens is 388 g/mol. The Bertz CT molecular complexity index is 939. The van der Waals surface area contributed by atoms with Crippen molar-refractivity contribution in [1.29, 1.82) is 0 Å². The number of nitrogens with zero attached hydrogens (tertiary/aromatic N) is 1. The van der Waals surface area contributed by atoms with Gasteiger partial charge in [0.1, 0.15) is 10.6 Å². The second-order valence-corrected chi connectivity index (χ2v) is 9.30. The summed E-state index contributed by atoms with van der Waals surface area (Å²) in [6, 6.07) is 14.6. The Hall–Kier alpha value is -2.38. The summed E-state index contributed by atoms with van der Waals surface area (Å²) in [6.45, 7) is 3.02. The van der Waals surface area contributed by atoms with Gasteiger partial charge in [-0.05, 0) is 42.5 Å². The van der Waals surface area contributed by atoms with Gasteiger partial charge in [0.25, 0.3) is 0 Å². The monoisotopic (exact) mass is 416 g/mol. The predicted molar refractivity (Wildman–Crippen MR) is 114 cm³/mol. The number of anilines is 1. The van der Waals surface area contributed by atoms with E-state index in [4.69, 9.17) is 4.74 Å². The Balaban J connectivity index is 1.77. The lowest BCUT2D eigenvalue weighted by molar-refractivity contribution is -0.116. The highest BCUT2D eigenvalue weighted by atomic mass is 32.2. The molecule has 1 atom stereocenters. The lowest BCUT2D eigenvalue weighted by Crippen LogP contribution is -2.35. The van der Waals surface area contributed by atoms with E-state index in [2.05, 4.69) is 5.32 Å². The van der Waals surface area contributed by atoms with Crippen molar-refractivity contribution in [3.05, 3.63) is 54.1 Å². The van der Waals surface area contributed by atoms with Gasteiger partial charge in [0, 0.05) is 25.2 Å². The number of ether oxygens (including phenoxy) is 1. The highest BCUT2D eigenvalue weighted by molar-refractivity contribution is 7.89. The van der Waals surface area contributed by atoms with E-state index >= 15 is 0 Å². The second-order valence-electron chi connectivity index (χ2n) is 7.39. The van der Waals surface area contributed by atoms with E-state index in [0.717, 1.165) is 24.8 Å². The van der Waals surface area contributed by atoms with Crippen molar-refractivity contribution in [3.8, 4) is 5.75 Å². The molecule has 2 aromatic carbocycles. The van der Waals surface area contributed by atoms with Crippen LogP contribution in [0.1, 0.15) is 44.1 Å². The number of amides is 1. The van der Waals surface area contributed by atoms with Crippen molar-refractivity contribution in [2.45, 2.75) is 43.4 Å². The van der Waals surface area contributed by atoms with Gasteiger partial charge in [-0.15, -0.1) is 0 Å². The summed E-state index contributed by atoms with van der Waals surface area (Å²) in [5.74, 6) is 0.185. The van der Waals surface area contributed by atoms with Gasteiger partial charge in [-0.3, -0.25) is 4.79 Å². The molecule has 1 heterocycles. The van der Waals surface area contributed by atoms with Gasteiger partial charge in [-0.1, -0.05) is 43.7 Å². The first-order chi connectivity index (χ1) is 13.9. The zero-order valence-corrected chi connectivity index (χ0v) is 17.7. The molecular formula is C22H28N2O4S. The van der Waals surface area contributed by atoms with Crippen LogP contribution >= 0.6 is 0 Å². The number of carbonyl (C=O) groups excluding carboxylic acids is 1. The molecule has 1 unspecified atom stereocenters. The van der Waals surface area contributed by atoms with Gasteiger partial charge in [-0.2, -0.15) is 4.31 Å². The summed E-state index contributed by atoms with van der Waals surface area (Å²) in [5.41, 5.74) is 1.54. The van der Waals surface area contributed by atoms with Gasteiger partial charge < -0.3 is 10.1 Å². The molecule has 0 aliphatic carbocycles. The molecule has 7 heteroatoms. The van der Waals surface area contributed by atoms with Crippen LogP contribution in [0.2, 0.25) is 0 Å². The molecule has 6 nitrogen and oxygen atoms in total. The molecule has 1 fully saturated rings. The van der Waals surface area contributed by atoms with Gasteiger partial charge in [0.15, 0.2) is 0 Å². The number of hydrogen-bond acceptors (Lipinski definition) is 4. The molecule has 1 amide bonds. The van der Waals surface area contributed by atoms with E-state index in [9.17, 15) is 13.2 Å². The number of sulfonamides is 1. The smallest absolute Gasteiger partial charge is 0.246 e. The Morgan fingerprint density at radius 2 is 1.79 bits per heavy atom. The maximum atomic E-state index is 13.1. The summed E-state index contributed by atoms with van der Waals surface area (Å²) < 4.78 is 33.0. The maximum absolute atomic E-state index is 13.1. The normalized spacial score (nSPS) is 16.2. The van der Waals surface area contributed by atoms with E-state index in [1.807, 2.05) is 37.3 Å². The summed E-state index contributed by atoms with van der Waals surface area (Å²) in [7, 11) is -2.22. The highest BCUT2D eigenvalue weighted by Crippen LogP contribution is 2.31. The van der Waals surface area contributed by atoms with Crippen molar-refractivity contribution < 1.29 is 17.9 Å². The van der Waals surface area contributed by atoms with Crippen molar-refractivity contribution in [3.63, 3.8) is 0 Å². The Labute approximate surface area is 172 Å². The standard InChI is InChI=1S/C22H28N2O4S/c1-17(18-9-5-3-6-10-18)15-22(25)23-19-11-12-20(28-2)21(16-19)29(26,27)24-13-7-4-8-14-24/h3,5-6,9-12,16-17H,4,7-8,13-15H2,1-2H3,(H,23,25). The summed E-state index contributed by atoms with van der Waals surface area (Å²) in [6.07, 6.45) is 3.06. The van der Waals surface area contributed by atoms with E-state index in [1.165, 1.54) is 17.5 Å². The number of piperidine rings is 1. The summed E-state index contributed by atoms with van der Waals surface area (Å²) in [5, 5.41) is 2.83. The molecule has 0 radical (unpaired) electrons. The Morgan fingerprint density at radius 3 is 2.45 bits per heavy atom. The lowest BCUT2D eigenvalue weighted by atomic mass is 9.97. The molecule has 1 aliphatic rings. The number of benzene rings is 2. The molecule has 1 saturated heterocycles. The SMILES string of the molecule is COc1ccc(NC(=O)CC(C)c2ccccc2)cc1S(=O)(=O)N1CCCCC1. The van der Waals surface area contributed by atoms with E-state index < -0.39 is 10.0 Å². The van der Waals surface area contributed by atoms with Crippen LogP contribution in [0.4, 0.5) is 5.69 Å². The first-order valence-corrected chi connectivity index (χ1v) is 11.4. The van der Waals surface area contributed by atoms with Crippen LogP contribution in [0.5, 0.6) is 5.75 Å². The van der Waals surface area contributed by atoms with Crippen molar-refractivity contribution in [2.75, 3.05) is 25.5 Å². The minimum Gasteiger partial charge on any atom is -0.495 e. The lowest BCUT2D eigenvalue weighted by Gasteiger charge is -2.26. The molecule has 0 saturated carbocycles. The Morgan fingerprint density at radius 1 is 1.10 bits per heavy atom. The third-order valence-electron chi connectivity index (χ3n) is 5.24. The third-order valence-corrected chi connectivity index (χ3v) is 7.16. The summed E-state index contributed by atoms with van der Waals surface area (Å²) in [4.78, 5) is 12.6. The number of methoxy groups -OCH3 is 1. The fourth-order valence-corrected chi connectivity index (χ4v) is 5.29. The average Bonchev–Trinajstić information content (AvgIpc) is 2.74. The number of hydrogen-bond donors (Lipinski definition) is 1. The summed E-state index contributed by atoms with van der Waals surface area (Å²) >= 11 is 0. The molecule has 0 bridgehead atoms.